The van der Waals surface area contributed by atoms with E-state index in [9.17, 15) is 13.2 Å². The second-order valence-corrected chi connectivity index (χ2v) is 10.6. The number of hydrogen-bond acceptors (Lipinski definition) is 4. The molecule has 2 atom stereocenters. The van der Waals surface area contributed by atoms with Gasteiger partial charge in [-0.1, -0.05) is 32.4 Å². The molecule has 4 rings (SSSR count). The molecule has 1 saturated carbocycles. The summed E-state index contributed by atoms with van der Waals surface area (Å²) in [5.41, 5.74) is -0.457. The number of nitrogens with zero attached hydrogens (tertiary/aromatic N) is 2. The van der Waals surface area contributed by atoms with E-state index in [-0.39, 0.29) is 22.8 Å². The molecule has 2 aromatic carbocycles. The quantitative estimate of drug-likeness (QED) is 0.356. The fourth-order valence-corrected chi connectivity index (χ4v) is 5.86. The van der Waals surface area contributed by atoms with Crippen molar-refractivity contribution in [3.05, 3.63) is 58.6 Å². The van der Waals surface area contributed by atoms with Crippen molar-refractivity contribution in [2.75, 3.05) is 0 Å². The van der Waals surface area contributed by atoms with Gasteiger partial charge in [-0.25, -0.2) is 4.98 Å². The first kappa shape index (κ1) is 23.6. The van der Waals surface area contributed by atoms with E-state index in [1.165, 1.54) is 16.8 Å². The number of hydrogen-bond donors (Lipinski definition) is 0. The third-order valence-electron chi connectivity index (χ3n) is 6.56. The van der Waals surface area contributed by atoms with Crippen LogP contribution in [0.3, 0.4) is 0 Å². The van der Waals surface area contributed by atoms with E-state index in [4.69, 9.17) is 15.0 Å². The summed E-state index contributed by atoms with van der Waals surface area (Å²) in [6.07, 6.45) is 1.02. The van der Waals surface area contributed by atoms with E-state index in [1.54, 1.807) is 17.4 Å². The standard InChI is InChI=1S/C26H27F3N2OS/c1-25(2)15-17(10-13-24-31-21-7-3-4-8-22(21)33-24)6-5-9-23(25)32-19-12-11-18(16-30)20(14-19)26(27,28)29/h3-4,7-8,11-12,14,17,23H,5-6,9-10,13,15H2,1-2H3. The largest absolute Gasteiger partial charge is 0.490 e. The van der Waals surface area contributed by atoms with E-state index < -0.39 is 11.7 Å². The molecule has 0 bridgehead atoms. The summed E-state index contributed by atoms with van der Waals surface area (Å²) in [6, 6.07) is 13.4. The highest BCUT2D eigenvalue weighted by Gasteiger charge is 2.38. The Balaban J connectivity index is 1.43. The fraction of sp³-hybridized carbons (Fsp3) is 0.462. The topological polar surface area (TPSA) is 45.9 Å². The summed E-state index contributed by atoms with van der Waals surface area (Å²) in [6.45, 7) is 4.28. The molecule has 3 aromatic rings. The average Bonchev–Trinajstić information content (AvgIpc) is 3.12. The lowest BCUT2D eigenvalue weighted by Gasteiger charge is -2.34. The van der Waals surface area contributed by atoms with Crippen LogP contribution in [0.5, 0.6) is 5.75 Å². The van der Waals surface area contributed by atoms with Crippen LogP contribution in [-0.4, -0.2) is 11.1 Å². The summed E-state index contributed by atoms with van der Waals surface area (Å²) in [7, 11) is 0. The zero-order chi connectivity index (χ0) is 23.6. The van der Waals surface area contributed by atoms with Gasteiger partial charge in [0.15, 0.2) is 0 Å². The van der Waals surface area contributed by atoms with Gasteiger partial charge in [0.05, 0.1) is 32.4 Å². The highest BCUT2D eigenvalue weighted by Crippen LogP contribution is 2.42. The molecule has 0 N–H and O–H groups in total. The molecular weight excluding hydrogens is 445 g/mol. The molecule has 0 aliphatic heterocycles. The number of rotatable bonds is 5. The third kappa shape index (κ3) is 5.50. The van der Waals surface area contributed by atoms with E-state index in [1.807, 2.05) is 18.2 Å². The Morgan fingerprint density at radius 2 is 1.97 bits per heavy atom. The lowest BCUT2D eigenvalue weighted by Crippen LogP contribution is -2.34. The van der Waals surface area contributed by atoms with Crippen molar-refractivity contribution < 1.29 is 17.9 Å². The predicted octanol–water partition coefficient (Wildman–Crippen LogP) is 7.78. The Hall–Kier alpha value is -2.59. The predicted molar refractivity (Wildman–Crippen MR) is 124 cm³/mol. The first-order valence-corrected chi connectivity index (χ1v) is 12.1. The number of benzene rings is 2. The van der Waals surface area contributed by atoms with Crippen LogP contribution in [0.2, 0.25) is 0 Å². The summed E-state index contributed by atoms with van der Waals surface area (Å²) >= 11 is 1.75. The molecule has 174 valence electrons. The van der Waals surface area contributed by atoms with E-state index >= 15 is 0 Å². The Kier molecular flexibility index (Phi) is 6.67. The first-order valence-electron chi connectivity index (χ1n) is 11.3. The molecule has 1 fully saturated rings. The second kappa shape index (κ2) is 9.34. The van der Waals surface area contributed by atoms with Gasteiger partial charge < -0.3 is 4.74 Å². The number of halogens is 3. The number of alkyl halides is 3. The molecule has 1 aliphatic carbocycles. The number of nitriles is 1. The molecule has 2 unspecified atom stereocenters. The first-order chi connectivity index (χ1) is 15.7. The van der Waals surface area contributed by atoms with Gasteiger partial charge >= 0.3 is 6.18 Å². The van der Waals surface area contributed by atoms with Crippen LogP contribution >= 0.6 is 11.3 Å². The Bertz CT molecular complexity index is 1130. The minimum atomic E-state index is -4.59. The summed E-state index contributed by atoms with van der Waals surface area (Å²) < 4.78 is 47.4. The van der Waals surface area contributed by atoms with Gasteiger partial charge in [0, 0.05) is 5.41 Å². The van der Waals surface area contributed by atoms with Crippen LogP contribution in [0.15, 0.2) is 42.5 Å². The van der Waals surface area contributed by atoms with Crippen LogP contribution in [0.4, 0.5) is 13.2 Å². The molecule has 33 heavy (non-hydrogen) atoms. The number of fused-ring (bicyclic) bond motifs is 1. The Morgan fingerprint density at radius 3 is 2.70 bits per heavy atom. The smallest absolute Gasteiger partial charge is 0.417 e. The SMILES string of the molecule is CC1(C)CC(CCc2nc3ccccc3s2)CCCC1Oc1ccc(C#N)c(C(F)(F)F)c1. The summed E-state index contributed by atoms with van der Waals surface area (Å²) in [4.78, 5) is 4.75. The van der Waals surface area contributed by atoms with Crippen molar-refractivity contribution >= 4 is 21.6 Å². The van der Waals surface area contributed by atoms with Gasteiger partial charge in [0.2, 0.25) is 0 Å². The van der Waals surface area contributed by atoms with Gasteiger partial charge in [-0.2, -0.15) is 18.4 Å². The van der Waals surface area contributed by atoms with Crippen molar-refractivity contribution in [1.82, 2.24) is 4.98 Å². The molecule has 0 amide bonds. The molecule has 7 heteroatoms. The zero-order valence-electron chi connectivity index (χ0n) is 18.8. The van der Waals surface area contributed by atoms with Gasteiger partial charge in [-0.05, 0) is 68.4 Å². The molecule has 1 heterocycles. The van der Waals surface area contributed by atoms with E-state index in [0.29, 0.717) is 5.92 Å². The molecule has 1 aliphatic rings. The Labute approximate surface area is 196 Å². The number of ether oxygens (including phenoxy) is 1. The van der Waals surface area contributed by atoms with Gasteiger partial charge in [-0.3, -0.25) is 0 Å². The molecule has 0 spiro atoms. The highest BCUT2D eigenvalue weighted by molar-refractivity contribution is 7.18. The maximum atomic E-state index is 13.3. The Morgan fingerprint density at radius 1 is 1.18 bits per heavy atom. The van der Waals surface area contributed by atoms with Crippen molar-refractivity contribution in [2.24, 2.45) is 11.3 Å². The van der Waals surface area contributed by atoms with Crippen molar-refractivity contribution in [1.29, 1.82) is 5.26 Å². The zero-order valence-corrected chi connectivity index (χ0v) is 19.6. The van der Waals surface area contributed by atoms with Crippen molar-refractivity contribution in [3.63, 3.8) is 0 Å². The third-order valence-corrected chi connectivity index (χ3v) is 7.66. The van der Waals surface area contributed by atoms with Gasteiger partial charge in [0.1, 0.15) is 11.9 Å². The van der Waals surface area contributed by atoms with Gasteiger partial charge in [0.25, 0.3) is 0 Å². The molecule has 3 nitrogen and oxygen atoms in total. The average molecular weight is 473 g/mol. The second-order valence-electron chi connectivity index (χ2n) is 9.53. The highest BCUT2D eigenvalue weighted by atomic mass is 32.1. The van der Waals surface area contributed by atoms with E-state index in [0.717, 1.165) is 55.1 Å². The van der Waals surface area contributed by atoms with Gasteiger partial charge in [-0.15, -0.1) is 11.3 Å². The van der Waals surface area contributed by atoms with Crippen LogP contribution < -0.4 is 4.74 Å². The van der Waals surface area contributed by atoms with Crippen LogP contribution in [-0.2, 0) is 12.6 Å². The summed E-state index contributed by atoms with van der Waals surface area (Å²) in [5, 5.41) is 10.2. The number of para-hydroxylation sites is 1. The molecule has 0 saturated heterocycles. The lowest BCUT2D eigenvalue weighted by atomic mass is 9.78. The van der Waals surface area contributed by atoms with Crippen LogP contribution in [0.1, 0.15) is 62.1 Å². The lowest BCUT2D eigenvalue weighted by molar-refractivity contribution is -0.138. The minimum Gasteiger partial charge on any atom is -0.490 e. The van der Waals surface area contributed by atoms with Crippen LogP contribution in [0.25, 0.3) is 10.2 Å². The monoisotopic (exact) mass is 472 g/mol. The normalized spacial score (nSPS) is 20.8. The number of aryl methyl sites for hydroxylation is 1. The molecular formula is C26H27F3N2OS. The van der Waals surface area contributed by atoms with E-state index in [2.05, 4.69) is 19.9 Å². The fourth-order valence-electron chi connectivity index (χ4n) is 4.87. The maximum Gasteiger partial charge on any atom is 0.417 e. The minimum absolute atomic E-state index is 0.173. The number of thiazole rings is 1. The summed E-state index contributed by atoms with van der Waals surface area (Å²) in [5.74, 6) is 0.694. The number of aromatic nitrogens is 1. The maximum absolute atomic E-state index is 13.3. The van der Waals surface area contributed by atoms with Crippen molar-refractivity contribution in [2.45, 2.75) is 64.7 Å². The molecule has 0 radical (unpaired) electrons. The molecule has 1 aromatic heterocycles. The van der Waals surface area contributed by atoms with Crippen molar-refractivity contribution in [3.8, 4) is 11.8 Å². The van der Waals surface area contributed by atoms with Crippen LogP contribution in [0, 0.1) is 22.7 Å².